The number of carbonyl (C=O) groups excluding carboxylic acids is 2. The molecule has 0 N–H and O–H groups in total. The molecule has 0 radical (unpaired) electrons. The van der Waals surface area contributed by atoms with E-state index in [9.17, 15) is 19.7 Å². The number of nitrogens with zero attached hydrogens (tertiary/aromatic N) is 5. The van der Waals surface area contributed by atoms with Gasteiger partial charge in [-0.25, -0.2) is 9.97 Å². The molecule has 0 bridgehead atoms. The second-order valence-electron chi connectivity index (χ2n) is 8.35. The third-order valence-electron chi connectivity index (χ3n) is 6.03. The summed E-state index contributed by atoms with van der Waals surface area (Å²) in [6.45, 7) is 4.21. The number of rotatable bonds is 5. The second kappa shape index (κ2) is 8.93. The predicted molar refractivity (Wildman–Crippen MR) is 123 cm³/mol. The summed E-state index contributed by atoms with van der Waals surface area (Å²) in [6.07, 6.45) is 1.28. The number of benzene rings is 2. The van der Waals surface area contributed by atoms with E-state index < -0.39 is 11.0 Å². The molecule has 170 valence electrons. The lowest BCUT2D eigenvalue weighted by atomic mass is 10.1. The predicted octanol–water partition coefficient (Wildman–Crippen LogP) is 3.42. The van der Waals surface area contributed by atoms with Gasteiger partial charge in [-0.1, -0.05) is 18.2 Å². The van der Waals surface area contributed by atoms with Crippen LogP contribution >= 0.6 is 0 Å². The van der Waals surface area contributed by atoms with Crippen LogP contribution in [0, 0.1) is 24.0 Å². The van der Waals surface area contributed by atoms with Crippen molar-refractivity contribution in [2.75, 3.05) is 13.6 Å². The number of nitro benzene ring substituents is 1. The fraction of sp³-hybridized carbons (Fsp3) is 0.333. The Hall–Kier alpha value is -3.88. The van der Waals surface area contributed by atoms with Crippen molar-refractivity contribution < 1.29 is 14.5 Å². The molecule has 1 unspecified atom stereocenters. The highest BCUT2D eigenvalue weighted by molar-refractivity contribution is 5.98. The van der Waals surface area contributed by atoms with Crippen LogP contribution in [-0.2, 0) is 11.3 Å². The molecular formula is C24H25N5O4. The SMILES string of the molecule is Cc1cc(C(=O)N2CCCC2C(=O)N(C)Cc2nc(C)c3ccccc3n2)ccc1[N+](=O)[O-]. The zero-order valence-corrected chi connectivity index (χ0v) is 18.8. The lowest BCUT2D eigenvalue weighted by Gasteiger charge is -2.28. The molecular weight excluding hydrogens is 422 g/mol. The van der Waals surface area contributed by atoms with Crippen LogP contribution in [0.25, 0.3) is 10.9 Å². The van der Waals surface area contributed by atoms with Crippen molar-refractivity contribution in [3.05, 3.63) is 75.2 Å². The third kappa shape index (κ3) is 4.39. The van der Waals surface area contributed by atoms with Crippen molar-refractivity contribution in [2.45, 2.75) is 39.3 Å². The van der Waals surface area contributed by atoms with Gasteiger partial charge in [0.1, 0.15) is 11.9 Å². The molecule has 0 saturated carbocycles. The highest BCUT2D eigenvalue weighted by atomic mass is 16.6. The van der Waals surface area contributed by atoms with Gasteiger partial charge in [-0.05, 0) is 44.9 Å². The molecule has 0 aliphatic carbocycles. The summed E-state index contributed by atoms with van der Waals surface area (Å²) >= 11 is 0. The van der Waals surface area contributed by atoms with Crippen LogP contribution < -0.4 is 0 Å². The van der Waals surface area contributed by atoms with Crippen LogP contribution in [-0.4, -0.2) is 56.1 Å². The molecule has 9 nitrogen and oxygen atoms in total. The minimum Gasteiger partial charge on any atom is -0.336 e. The second-order valence-corrected chi connectivity index (χ2v) is 8.35. The van der Waals surface area contributed by atoms with Crippen molar-refractivity contribution >= 4 is 28.4 Å². The standard InChI is InChI=1S/C24H25N5O4/c1-15-13-17(10-11-20(15)29(32)33)23(30)28-12-6-9-21(28)24(31)27(3)14-22-25-16(2)18-7-4-5-8-19(18)26-22/h4-5,7-8,10-11,13,21H,6,9,12,14H2,1-3H3. The zero-order valence-electron chi connectivity index (χ0n) is 18.8. The van der Waals surface area contributed by atoms with Crippen molar-refractivity contribution in [3.63, 3.8) is 0 Å². The quantitative estimate of drug-likeness (QED) is 0.438. The molecule has 1 aromatic heterocycles. The van der Waals surface area contributed by atoms with Crippen molar-refractivity contribution in [3.8, 4) is 0 Å². The normalized spacial score (nSPS) is 15.6. The average molecular weight is 447 g/mol. The van der Waals surface area contributed by atoms with Gasteiger partial charge in [0.05, 0.1) is 17.0 Å². The number of likely N-dealkylation sites (N-methyl/N-ethyl adjacent to an activating group) is 1. The van der Waals surface area contributed by atoms with E-state index in [1.54, 1.807) is 23.8 Å². The number of fused-ring (bicyclic) bond motifs is 1. The Labute approximate surface area is 191 Å². The summed E-state index contributed by atoms with van der Waals surface area (Å²) in [5.41, 5.74) is 2.39. The molecule has 1 fully saturated rings. The van der Waals surface area contributed by atoms with Gasteiger partial charge >= 0.3 is 0 Å². The van der Waals surface area contributed by atoms with Gasteiger partial charge in [-0.3, -0.25) is 19.7 Å². The maximum absolute atomic E-state index is 13.2. The zero-order chi connectivity index (χ0) is 23.7. The third-order valence-corrected chi connectivity index (χ3v) is 6.03. The monoisotopic (exact) mass is 447 g/mol. The van der Waals surface area contributed by atoms with Crippen LogP contribution in [0.5, 0.6) is 0 Å². The number of aromatic nitrogens is 2. The van der Waals surface area contributed by atoms with E-state index in [4.69, 9.17) is 0 Å². The molecule has 2 amide bonds. The number of likely N-dealkylation sites (tertiary alicyclic amines) is 1. The lowest BCUT2D eigenvalue weighted by Crippen LogP contribution is -2.46. The smallest absolute Gasteiger partial charge is 0.272 e. The summed E-state index contributed by atoms with van der Waals surface area (Å²) in [7, 11) is 1.69. The first-order valence-electron chi connectivity index (χ1n) is 10.8. The minimum absolute atomic E-state index is 0.0361. The van der Waals surface area contributed by atoms with Crippen LogP contribution in [0.1, 0.15) is 40.3 Å². The molecule has 2 heterocycles. The summed E-state index contributed by atoms with van der Waals surface area (Å²) < 4.78 is 0. The first kappa shape index (κ1) is 22.3. The van der Waals surface area contributed by atoms with Crippen molar-refractivity contribution in [1.82, 2.24) is 19.8 Å². The van der Waals surface area contributed by atoms with Crippen LogP contribution in [0.2, 0.25) is 0 Å². The van der Waals surface area contributed by atoms with E-state index in [1.165, 1.54) is 18.2 Å². The lowest BCUT2D eigenvalue weighted by molar-refractivity contribution is -0.385. The topological polar surface area (TPSA) is 110 Å². The van der Waals surface area contributed by atoms with Gasteiger partial charge in [0.15, 0.2) is 0 Å². The number of carbonyl (C=O) groups is 2. The molecule has 1 aliphatic rings. The number of amides is 2. The van der Waals surface area contributed by atoms with E-state index in [-0.39, 0.29) is 24.0 Å². The molecule has 1 saturated heterocycles. The molecule has 3 aromatic rings. The molecule has 1 atom stereocenters. The Balaban J connectivity index is 1.51. The van der Waals surface area contributed by atoms with Crippen LogP contribution in [0.4, 0.5) is 5.69 Å². The molecule has 2 aromatic carbocycles. The average Bonchev–Trinajstić information content (AvgIpc) is 3.27. The van der Waals surface area contributed by atoms with Crippen LogP contribution in [0.3, 0.4) is 0 Å². The van der Waals surface area contributed by atoms with E-state index >= 15 is 0 Å². The fourth-order valence-electron chi connectivity index (χ4n) is 4.34. The van der Waals surface area contributed by atoms with E-state index in [0.29, 0.717) is 36.3 Å². The summed E-state index contributed by atoms with van der Waals surface area (Å²) in [5.74, 6) is 0.0767. The Morgan fingerprint density at radius 3 is 2.67 bits per heavy atom. The minimum atomic E-state index is -0.584. The number of para-hydroxylation sites is 1. The number of nitro groups is 1. The van der Waals surface area contributed by atoms with Crippen molar-refractivity contribution in [1.29, 1.82) is 0 Å². The molecule has 9 heteroatoms. The van der Waals surface area contributed by atoms with E-state index in [0.717, 1.165) is 16.6 Å². The molecule has 4 rings (SSSR count). The Kier molecular flexibility index (Phi) is 6.04. The largest absolute Gasteiger partial charge is 0.336 e. The van der Waals surface area contributed by atoms with Gasteiger partial charge in [0.2, 0.25) is 5.91 Å². The number of hydrogen-bond donors (Lipinski definition) is 0. The van der Waals surface area contributed by atoms with E-state index in [1.807, 2.05) is 31.2 Å². The maximum Gasteiger partial charge on any atom is 0.272 e. The summed E-state index contributed by atoms with van der Waals surface area (Å²) in [4.78, 5) is 49.2. The molecule has 1 aliphatic heterocycles. The van der Waals surface area contributed by atoms with Crippen molar-refractivity contribution in [2.24, 2.45) is 0 Å². The Morgan fingerprint density at radius 1 is 1.18 bits per heavy atom. The van der Waals surface area contributed by atoms with Gasteiger partial charge in [-0.2, -0.15) is 0 Å². The van der Waals surface area contributed by atoms with Gasteiger partial charge in [0.25, 0.3) is 11.6 Å². The highest BCUT2D eigenvalue weighted by Gasteiger charge is 2.36. The highest BCUT2D eigenvalue weighted by Crippen LogP contribution is 2.25. The summed E-state index contributed by atoms with van der Waals surface area (Å²) in [5, 5.41) is 12.0. The number of aryl methyl sites for hydroxylation is 2. The molecule has 0 spiro atoms. The van der Waals surface area contributed by atoms with E-state index in [2.05, 4.69) is 9.97 Å². The van der Waals surface area contributed by atoms with Gasteiger partial charge in [-0.15, -0.1) is 0 Å². The van der Waals surface area contributed by atoms with Crippen LogP contribution in [0.15, 0.2) is 42.5 Å². The summed E-state index contributed by atoms with van der Waals surface area (Å²) in [6, 6.07) is 11.4. The Bertz CT molecular complexity index is 1260. The fourth-order valence-corrected chi connectivity index (χ4v) is 4.34. The maximum atomic E-state index is 13.2. The van der Waals surface area contributed by atoms with Gasteiger partial charge < -0.3 is 9.80 Å². The first-order valence-corrected chi connectivity index (χ1v) is 10.8. The molecule has 33 heavy (non-hydrogen) atoms. The number of hydrogen-bond acceptors (Lipinski definition) is 6. The Morgan fingerprint density at radius 2 is 1.94 bits per heavy atom. The first-order chi connectivity index (χ1) is 15.8. The van der Waals surface area contributed by atoms with Gasteiger partial charge in [0, 0.05) is 41.9 Å².